The lowest BCUT2D eigenvalue weighted by Gasteiger charge is -1.99. The van der Waals surface area contributed by atoms with Gasteiger partial charge >= 0.3 is 12.0 Å². The van der Waals surface area contributed by atoms with E-state index in [0.29, 0.717) is 0 Å². The standard InChI is InChI=1S/C5H8N2O5/c6-5(11)7-3(8)1-12-2-4(9)10/h1-2H2,(H,9,10)(H3,6,7,8,11). The summed E-state index contributed by atoms with van der Waals surface area (Å²) in [5.74, 6) is -1.97. The van der Waals surface area contributed by atoms with Gasteiger partial charge in [0.05, 0.1) is 0 Å². The van der Waals surface area contributed by atoms with Gasteiger partial charge in [-0.2, -0.15) is 0 Å². The number of carboxylic acid groups (broad SMARTS) is 1. The van der Waals surface area contributed by atoms with E-state index < -0.39 is 31.1 Å². The Labute approximate surface area is 67.5 Å². The molecular weight excluding hydrogens is 168 g/mol. The van der Waals surface area contributed by atoms with E-state index in [1.807, 2.05) is 0 Å². The highest BCUT2D eigenvalue weighted by Crippen LogP contribution is 1.74. The molecule has 0 heterocycles. The molecule has 0 aliphatic rings. The van der Waals surface area contributed by atoms with Gasteiger partial charge in [-0.15, -0.1) is 0 Å². The first kappa shape index (κ1) is 10.4. The first-order valence-corrected chi connectivity index (χ1v) is 2.91. The maximum atomic E-state index is 10.5. The fourth-order valence-corrected chi connectivity index (χ4v) is 0.405. The van der Waals surface area contributed by atoms with Gasteiger partial charge in [-0.25, -0.2) is 9.59 Å². The van der Waals surface area contributed by atoms with Crippen molar-refractivity contribution in [3.63, 3.8) is 0 Å². The van der Waals surface area contributed by atoms with Crippen LogP contribution in [0.5, 0.6) is 0 Å². The third-order valence-corrected chi connectivity index (χ3v) is 0.721. The molecule has 0 aliphatic carbocycles. The van der Waals surface area contributed by atoms with Crippen LogP contribution in [-0.4, -0.2) is 36.2 Å². The van der Waals surface area contributed by atoms with Gasteiger partial charge < -0.3 is 15.6 Å². The zero-order chi connectivity index (χ0) is 9.56. The first-order chi connectivity index (χ1) is 5.52. The van der Waals surface area contributed by atoms with Crippen LogP contribution in [0.25, 0.3) is 0 Å². The summed E-state index contributed by atoms with van der Waals surface area (Å²) >= 11 is 0. The van der Waals surface area contributed by atoms with Gasteiger partial charge in [0.25, 0.3) is 5.91 Å². The van der Waals surface area contributed by atoms with E-state index in [1.165, 1.54) is 0 Å². The van der Waals surface area contributed by atoms with Crippen LogP contribution in [0, 0.1) is 0 Å². The number of carbonyl (C=O) groups is 3. The number of urea groups is 1. The Hall–Kier alpha value is -1.63. The summed E-state index contributed by atoms with van der Waals surface area (Å²) in [4.78, 5) is 30.4. The maximum absolute atomic E-state index is 10.5. The molecule has 12 heavy (non-hydrogen) atoms. The minimum Gasteiger partial charge on any atom is -0.480 e. The van der Waals surface area contributed by atoms with E-state index in [1.54, 1.807) is 5.32 Å². The van der Waals surface area contributed by atoms with Crippen molar-refractivity contribution in [2.45, 2.75) is 0 Å². The lowest BCUT2D eigenvalue weighted by atomic mass is 10.6. The lowest BCUT2D eigenvalue weighted by molar-refractivity contribution is -0.143. The summed E-state index contributed by atoms with van der Waals surface area (Å²) in [6, 6.07) is -1.00. The molecule has 0 aliphatic heterocycles. The van der Waals surface area contributed by atoms with Gasteiger partial charge in [0.2, 0.25) is 0 Å². The highest BCUT2D eigenvalue weighted by molar-refractivity contribution is 5.94. The summed E-state index contributed by atoms with van der Waals surface area (Å²) in [5.41, 5.74) is 4.58. The second-order valence-electron chi connectivity index (χ2n) is 1.80. The monoisotopic (exact) mass is 176 g/mol. The number of hydrogen-bond acceptors (Lipinski definition) is 4. The average molecular weight is 176 g/mol. The highest BCUT2D eigenvalue weighted by Gasteiger charge is 2.04. The van der Waals surface area contributed by atoms with Crippen LogP contribution in [0.2, 0.25) is 0 Å². The van der Waals surface area contributed by atoms with E-state index in [2.05, 4.69) is 10.5 Å². The Bertz CT molecular complexity index is 202. The molecule has 7 heteroatoms. The van der Waals surface area contributed by atoms with Crippen molar-refractivity contribution in [3.8, 4) is 0 Å². The number of nitrogens with one attached hydrogen (secondary N) is 1. The molecular formula is C5H8N2O5. The topological polar surface area (TPSA) is 119 Å². The zero-order valence-electron chi connectivity index (χ0n) is 6.07. The number of amides is 3. The third kappa shape index (κ3) is 6.49. The zero-order valence-corrected chi connectivity index (χ0v) is 6.07. The van der Waals surface area contributed by atoms with Crippen molar-refractivity contribution < 1.29 is 24.2 Å². The second kappa shape index (κ2) is 5.08. The number of rotatable bonds is 4. The molecule has 0 radical (unpaired) electrons. The molecule has 0 saturated carbocycles. The average Bonchev–Trinajstić information content (AvgIpc) is 1.84. The quantitative estimate of drug-likeness (QED) is 0.470. The molecule has 0 atom stereocenters. The van der Waals surface area contributed by atoms with Crippen molar-refractivity contribution in [3.05, 3.63) is 0 Å². The first-order valence-electron chi connectivity index (χ1n) is 2.91. The van der Waals surface area contributed by atoms with Gasteiger partial charge in [-0.1, -0.05) is 0 Å². The summed E-state index contributed by atoms with van der Waals surface area (Å²) in [5, 5.41) is 9.76. The SMILES string of the molecule is NC(=O)NC(=O)COCC(=O)O. The van der Waals surface area contributed by atoms with Crippen molar-refractivity contribution in [2.75, 3.05) is 13.2 Å². The van der Waals surface area contributed by atoms with Crippen molar-refractivity contribution >= 4 is 17.9 Å². The predicted molar refractivity (Wildman–Crippen MR) is 36.2 cm³/mol. The van der Waals surface area contributed by atoms with E-state index in [0.717, 1.165) is 0 Å². The minimum absolute atomic E-state index is 0.505. The molecule has 0 unspecified atom stereocenters. The van der Waals surface area contributed by atoms with Crippen molar-refractivity contribution in [2.24, 2.45) is 5.73 Å². The fourth-order valence-electron chi connectivity index (χ4n) is 0.405. The number of nitrogens with two attached hydrogens (primary N) is 1. The number of aliphatic carboxylic acids is 1. The molecule has 0 aromatic carbocycles. The van der Waals surface area contributed by atoms with Crippen LogP contribution in [0.4, 0.5) is 4.79 Å². The number of primary amides is 1. The van der Waals surface area contributed by atoms with Crippen LogP contribution in [0.15, 0.2) is 0 Å². The van der Waals surface area contributed by atoms with E-state index >= 15 is 0 Å². The van der Waals surface area contributed by atoms with E-state index in [4.69, 9.17) is 5.11 Å². The van der Waals surface area contributed by atoms with Crippen molar-refractivity contribution in [1.29, 1.82) is 0 Å². The Morgan fingerprint density at radius 2 is 1.92 bits per heavy atom. The fraction of sp³-hybridized carbons (Fsp3) is 0.400. The Morgan fingerprint density at radius 3 is 2.33 bits per heavy atom. The molecule has 0 bridgehead atoms. The van der Waals surface area contributed by atoms with Gasteiger partial charge in [0.15, 0.2) is 0 Å². The normalized spacial score (nSPS) is 9.00. The van der Waals surface area contributed by atoms with Crippen LogP contribution in [0.1, 0.15) is 0 Å². The van der Waals surface area contributed by atoms with Gasteiger partial charge in [-0.3, -0.25) is 10.1 Å². The second-order valence-corrected chi connectivity index (χ2v) is 1.80. The van der Waals surface area contributed by atoms with Crippen molar-refractivity contribution in [1.82, 2.24) is 5.32 Å². The van der Waals surface area contributed by atoms with Crippen LogP contribution < -0.4 is 11.1 Å². The summed E-state index contributed by atoms with van der Waals surface area (Å²) < 4.78 is 4.34. The summed E-state index contributed by atoms with van der Waals surface area (Å²) in [6.45, 7) is -1.10. The molecule has 7 nitrogen and oxygen atoms in total. The van der Waals surface area contributed by atoms with Gasteiger partial charge in [0, 0.05) is 0 Å². The van der Waals surface area contributed by atoms with Crippen LogP contribution in [0.3, 0.4) is 0 Å². The maximum Gasteiger partial charge on any atom is 0.329 e. The summed E-state index contributed by atoms with van der Waals surface area (Å²) in [6.07, 6.45) is 0. The smallest absolute Gasteiger partial charge is 0.329 e. The molecule has 0 spiro atoms. The molecule has 0 aromatic heterocycles. The van der Waals surface area contributed by atoms with Gasteiger partial charge in [-0.05, 0) is 0 Å². The number of imide groups is 1. The van der Waals surface area contributed by atoms with Gasteiger partial charge in [0.1, 0.15) is 13.2 Å². The number of carbonyl (C=O) groups excluding carboxylic acids is 2. The molecule has 68 valence electrons. The minimum atomic E-state index is -1.19. The van der Waals surface area contributed by atoms with E-state index in [-0.39, 0.29) is 0 Å². The van der Waals surface area contributed by atoms with Crippen LogP contribution >= 0.6 is 0 Å². The lowest BCUT2D eigenvalue weighted by Crippen LogP contribution is -2.37. The van der Waals surface area contributed by atoms with Crippen LogP contribution in [-0.2, 0) is 14.3 Å². The molecule has 0 fully saturated rings. The molecule has 4 N–H and O–H groups in total. The molecule has 3 amide bonds. The third-order valence-electron chi connectivity index (χ3n) is 0.721. The molecule has 0 saturated heterocycles. The Morgan fingerprint density at radius 1 is 1.33 bits per heavy atom. The molecule has 0 rings (SSSR count). The largest absolute Gasteiger partial charge is 0.480 e. The van der Waals surface area contributed by atoms with E-state index in [9.17, 15) is 14.4 Å². The number of carboxylic acids is 1. The predicted octanol–water partition coefficient (Wildman–Crippen LogP) is -1.72. The summed E-state index contributed by atoms with van der Waals surface area (Å²) in [7, 11) is 0. The number of hydrogen-bond donors (Lipinski definition) is 3. The molecule has 0 aromatic rings. The Kier molecular flexibility index (Phi) is 4.39. The number of ether oxygens (including phenoxy) is 1. The Balaban J connectivity index is 3.44. The highest BCUT2D eigenvalue weighted by atomic mass is 16.5.